The zero-order valence-corrected chi connectivity index (χ0v) is 14.5. The highest BCUT2D eigenvalue weighted by Gasteiger charge is 2.07. The van der Waals surface area contributed by atoms with Crippen LogP contribution in [-0.2, 0) is 6.54 Å². The van der Waals surface area contributed by atoms with Crippen molar-refractivity contribution in [2.45, 2.75) is 6.54 Å². The Morgan fingerprint density at radius 2 is 1.96 bits per heavy atom. The third-order valence-corrected chi connectivity index (χ3v) is 4.11. The summed E-state index contributed by atoms with van der Waals surface area (Å²) in [7, 11) is 0. The summed E-state index contributed by atoms with van der Waals surface area (Å²) < 4.78 is 1.72. The SMILES string of the molecule is O=C(NCc1ccc(-c2cccnc2)nc1)c1cccc(-n2cccn2)c1. The molecule has 0 fully saturated rings. The number of benzene rings is 1. The van der Waals surface area contributed by atoms with Gasteiger partial charge in [-0.05, 0) is 48.0 Å². The van der Waals surface area contributed by atoms with Crippen LogP contribution in [0.4, 0.5) is 0 Å². The molecule has 0 saturated carbocycles. The van der Waals surface area contributed by atoms with Crippen LogP contribution < -0.4 is 5.32 Å². The van der Waals surface area contributed by atoms with Crippen LogP contribution in [0, 0.1) is 0 Å². The number of carbonyl (C=O) groups is 1. The summed E-state index contributed by atoms with van der Waals surface area (Å²) >= 11 is 0. The van der Waals surface area contributed by atoms with Crippen LogP contribution in [0.15, 0.2) is 85.6 Å². The van der Waals surface area contributed by atoms with Crippen LogP contribution in [0.2, 0.25) is 0 Å². The van der Waals surface area contributed by atoms with E-state index < -0.39 is 0 Å². The molecular formula is C21H17N5O. The molecule has 0 saturated heterocycles. The highest BCUT2D eigenvalue weighted by atomic mass is 16.1. The smallest absolute Gasteiger partial charge is 0.251 e. The number of aromatic nitrogens is 4. The first kappa shape index (κ1) is 16.7. The molecular weight excluding hydrogens is 338 g/mol. The van der Waals surface area contributed by atoms with Crippen LogP contribution in [0.25, 0.3) is 16.9 Å². The van der Waals surface area contributed by atoms with Crippen LogP contribution in [0.1, 0.15) is 15.9 Å². The van der Waals surface area contributed by atoms with Crippen molar-refractivity contribution >= 4 is 5.91 Å². The summed E-state index contributed by atoms with van der Waals surface area (Å²) in [5.74, 6) is -0.139. The molecule has 1 N–H and O–H groups in total. The molecule has 4 rings (SSSR count). The van der Waals surface area contributed by atoms with Crippen molar-refractivity contribution in [2.75, 3.05) is 0 Å². The van der Waals surface area contributed by atoms with E-state index in [9.17, 15) is 4.79 Å². The van der Waals surface area contributed by atoms with Crippen LogP contribution in [0.5, 0.6) is 0 Å². The molecule has 1 amide bonds. The predicted octanol–water partition coefficient (Wildman–Crippen LogP) is 3.26. The minimum Gasteiger partial charge on any atom is -0.348 e. The Balaban J connectivity index is 1.41. The summed E-state index contributed by atoms with van der Waals surface area (Å²) in [6, 6.07) is 16.9. The molecule has 0 spiro atoms. The van der Waals surface area contributed by atoms with Gasteiger partial charge in [0, 0.05) is 48.7 Å². The lowest BCUT2D eigenvalue weighted by Gasteiger charge is -2.08. The molecule has 0 unspecified atom stereocenters. The Morgan fingerprint density at radius 3 is 2.70 bits per heavy atom. The highest BCUT2D eigenvalue weighted by molar-refractivity contribution is 5.94. The van der Waals surface area contributed by atoms with Crippen molar-refractivity contribution in [1.29, 1.82) is 0 Å². The van der Waals surface area contributed by atoms with Gasteiger partial charge in [0.15, 0.2) is 0 Å². The van der Waals surface area contributed by atoms with Gasteiger partial charge in [0.2, 0.25) is 0 Å². The summed E-state index contributed by atoms with van der Waals surface area (Å²) in [4.78, 5) is 21.0. The number of rotatable bonds is 5. The van der Waals surface area contributed by atoms with Crippen LogP contribution in [-0.4, -0.2) is 25.7 Å². The largest absolute Gasteiger partial charge is 0.348 e. The number of nitrogens with zero attached hydrogens (tertiary/aromatic N) is 4. The molecule has 0 aliphatic carbocycles. The molecule has 0 bridgehead atoms. The monoisotopic (exact) mass is 355 g/mol. The van der Waals surface area contributed by atoms with E-state index in [4.69, 9.17) is 0 Å². The van der Waals surface area contributed by atoms with Crippen molar-refractivity contribution in [3.63, 3.8) is 0 Å². The Labute approximate surface area is 156 Å². The van der Waals surface area contributed by atoms with Gasteiger partial charge in [-0.3, -0.25) is 14.8 Å². The van der Waals surface area contributed by atoms with Crippen LogP contribution >= 0.6 is 0 Å². The fraction of sp³-hybridized carbons (Fsp3) is 0.0476. The molecule has 0 radical (unpaired) electrons. The molecule has 6 heteroatoms. The standard InChI is InChI=1S/C21H17N5O/c27-21(17-4-1-6-19(12-17)26-11-3-10-25-26)24-14-16-7-8-20(23-13-16)18-5-2-9-22-15-18/h1-13,15H,14H2,(H,24,27). The fourth-order valence-electron chi connectivity index (χ4n) is 2.71. The van der Waals surface area contributed by atoms with E-state index >= 15 is 0 Å². The van der Waals surface area contributed by atoms with E-state index in [0.717, 1.165) is 22.5 Å². The average molecular weight is 355 g/mol. The van der Waals surface area contributed by atoms with Crippen molar-refractivity contribution in [2.24, 2.45) is 0 Å². The number of amides is 1. The molecule has 3 aromatic heterocycles. The van der Waals surface area contributed by atoms with E-state index in [1.165, 1.54) is 0 Å². The van der Waals surface area contributed by atoms with Crippen LogP contribution in [0.3, 0.4) is 0 Å². The van der Waals surface area contributed by atoms with Crippen molar-refractivity contribution in [1.82, 2.24) is 25.1 Å². The molecule has 6 nitrogen and oxygen atoms in total. The van der Waals surface area contributed by atoms with Crippen molar-refractivity contribution in [3.8, 4) is 16.9 Å². The Morgan fingerprint density at radius 1 is 1.00 bits per heavy atom. The Bertz CT molecular complexity index is 1030. The number of hydrogen-bond acceptors (Lipinski definition) is 4. The minimum absolute atomic E-state index is 0.139. The predicted molar refractivity (Wildman–Crippen MR) is 102 cm³/mol. The van der Waals surface area contributed by atoms with Gasteiger partial charge in [0.05, 0.1) is 11.4 Å². The lowest BCUT2D eigenvalue weighted by molar-refractivity contribution is 0.0951. The van der Waals surface area contributed by atoms with E-state index in [1.54, 1.807) is 35.5 Å². The van der Waals surface area contributed by atoms with Gasteiger partial charge in [-0.15, -0.1) is 0 Å². The number of nitrogens with one attached hydrogen (secondary N) is 1. The summed E-state index contributed by atoms with van der Waals surface area (Å²) in [6.45, 7) is 0.408. The number of carbonyl (C=O) groups excluding carboxylic acids is 1. The normalized spacial score (nSPS) is 10.5. The van der Waals surface area contributed by atoms with E-state index in [-0.39, 0.29) is 5.91 Å². The lowest BCUT2D eigenvalue weighted by Crippen LogP contribution is -2.23. The maximum absolute atomic E-state index is 12.5. The summed E-state index contributed by atoms with van der Waals surface area (Å²) in [5, 5.41) is 7.11. The van der Waals surface area contributed by atoms with E-state index in [0.29, 0.717) is 12.1 Å². The van der Waals surface area contributed by atoms with Gasteiger partial charge in [-0.2, -0.15) is 5.10 Å². The average Bonchev–Trinajstić information content (AvgIpc) is 3.28. The lowest BCUT2D eigenvalue weighted by atomic mass is 10.1. The topological polar surface area (TPSA) is 72.7 Å². The van der Waals surface area contributed by atoms with Gasteiger partial charge >= 0.3 is 0 Å². The molecule has 0 atom stereocenters. The molecule has 3 heterocycles. The zero-order chi connectivity index (χ0) is 18.5. The fourth-order valence-corrected chi connectivity index (χ4v) is 2.71. The zero-order valence-electron chi connectivity index (χ0n) is 14.5. The first-order valence-electron chi connectivity index (χ1n) is 8.53. The maximum Gasteiger partial charge on any atom is 0.251 e. The second kappa shape index (κ2) is 7.61. The molecule has 0 aliphatic heterocycles. The number of hydrogen-bond donors (Lipinski definition) is 1. The van der Waals surface area contributed by atoms with Crippen molar-refractivity contribution < 1.29 is 4.79 Å². The van der Waals surface area contributed by atoms with Gasteiger partial charge < -0.3 is 5.32 Å². The van der Waals surface area contributed by atoms with Gasteiger partial charge in [-0.1, -0.05) is 12.1 Å². The minimum atomic E-state index is -0.139. The molecule has 132 valence electrons. The first-order chi connectivity index (χ1) is 13.3. The second-order valence-corrected chi connectivity index (χ2v) is 5.98. The third kappa shape index (κ3) is 3.90. The first-order valence-corrected chi connectivity index (χ1v) is 8.53. The van der Waals surface area contributed by atoms with Gasteiger partial charge in [0.25, 0.3) is 5.91 Å². The molecule has 27 heavy (non-hydrogen) atoms. The van der Waals surface area contributed by atoms with Gasteiger partial charge in [0.1, 0.15) is 0 Å². The van der Waals surface area contributed by atoms with E-state index in [1.807, 2.05) is 54.7 Å². The molecule has 1 aromatic carbocycles. The maximum atomic E-state index is 12.5. The Kier molecular flexibility index (Phi) is 4.70. The molecule has 4 aromatic rings. The highest BCUT2D eigenvalue weighted by Crippen LogP contribution is 2.15. The Hall–Kier alpha value is -3.80. The number of pyridine rings is 2. The molecule has 0 aliphatic rings. The summed E-state index contributed by atoms with van der Waals surface area (Å²) in [5.41, 5.74) is 4.17. The van der Waals surface area contributed by atoms with E-state index in [2.05, 4.69) is 20.4 Å². The third-order valence-electron chi connectivity index (χ3n) is 4.11. The summed E-state index contributed by atoms with van der Waals surface area (Å²) in [6.07, 6.45) is 8.81. The van der Waals surface area contributed by atoms with Gasteiger partial charge in [-0.25, -0.2) is 4.68 Å². The quantitative estimate of drug-likeness (QED) is 0.596. The van der Waals surface area contributed by atoms with Crippen molar-refractivity contribution in [3.05, 3.63) is 96.7 Å². The second-order valence-electron chi connectivity index (χ2n) is 5.98.